The monoisotopic (exact) mass is 366 g/mol. The van der Waals surface area contributed by atoms with Gasteiger partial charge in [-0.05, 0) is 62.2 Å². The highest BCUT2D eigenvalue weighted by Gasteiger charge is 2.49. The molecule has 5 heteroatoms. The summed E-state index contributed by atoms with van der Waals surface area (Å²) in [4.78, 5) is 0. The van der Waals surface area contributed by atoms with Crippen LogP contribution in [0.5, 0.6) is 0 Å². The van der Waals surface area contributed by atoms with Gasteiger partial charge in [-0.3, -0.25) is 4.39 Å². The van der Waals surface area contributed by atoms with E-state index >= 15 is 0 Å². The summed E-state index contributed by atoms with van der Waals surface area (Å²) >= 11 is 0. The topological polar surface area (TPSA) is 0 Å². The van der Waals surface area contributed by atoms with E-state index in [2.05, 4.69) is 6.92 Å². The van der Waals surface area contributed by atoms with Crippen molar-refractivity contribution in [3.05, 3.63) is 0 Å². The van der Waals surface area contributed by atoms with E-state index in [0.717, 1.165) is 25.7 Å². The van der Waals surface area contributed by atoms with Gasteiger partial charge in [0.05, 0.1) is 6.67 Å². The molecule has 3 fully saturated rings. The van der Waals surface area contributed by atoms with Crippen molar-refractivity contribution in [2.75, 3.05) is 6.67 Å². The predicted molar refractivity (Wildman–Crippen MR) is 89.1 cm³/mol. The van der Waals surface area contributed by atoms with E-state index in [1.807, 2.05) is 0 Å². The zero-order valence-electron chi connectivity index (χ0n) is 15.0. The summed E-state index contributed by atoms with van der Waals surface area (Å²) in [7, 11) is 0. The fourth-order valence-corrected chi connectivity index (χ4v) is 5.71. The maximum absolute atomic E-state index is 14.8. The van der Waals surface area contributed by atoms with Crippen LogP contribution in [0.3, 0.4) is 0 Å². The Morgan fingerprint density at radius 1 is 0.640 bits per heavy atom. The third kappa shape index (κ3) is 4.16. The third-order valence-corrected chi connectivity index (χ3v) is 7.33. The molecule has 0 aliphatic heterocycles. The van der Waals surface area contributed by atoms with E-state index in [-0.39, 0.29) is 18.8 Å². The molecular weight excluding hydrogens is 335 g/mol. The minimum Gasteiger partial charge on any atom is -0.251 e. The normalized spacial score (nSPS) is 52.1. The summed E-state index contributed by atoms with van der Waals surface area (Å²) in [6.45, 7) is 1.18. The first-order chi connectivity index (χ1) is 11.9. The molecule has 0 bridgehead atoms. The SMILES string of the molecule is CC1CCC(C2CC(F)C(C3CC(F)C(CF)C(F)C3)C(F)C2)CC1. The Hall–Kier alpha value is -0.350. The summed E-state index contributed by atoms with van der Waals surface area (Å²) in [5.74, 6) is -1.69. The summed E-state index contributed by atoms with van der Waals surface area (Å²) in [5, 5.41) is 0. The Balaban J connectivity index is 1.61. The van der Waals surface area contributed by atoms with Crippen molar-refractivity contribution in [1.29, 1.82) is 0 Å². The van der Waals surface area contributed by atoms with Crippen molar-refractivity contribution in [3.8, 4) is 0 Å². The van der Waals surface area contributed by atoms with Gasteiger partial charge in [0, 0.05) is 11.8 Å². The number of rotatable bonds is 3. The van der Waals surface area contributed by atoms with E-state index in [1.54, 1.807) is 0 Å². The van der Waals surface area contributed by atoms with E-state index in [9.17, 15) is 22.0 Å². The van der Waals surface area contributed by atoms with Crippen LogP contribution >= 0.6 is 0 Å². The number of halogens is 5. The third-order valence-electron chi connectivity index (χ3n) is 7.33. The van der Waals surface area contributed by atoms with Gasteiger partial charge in [-0.15, -0.1) is 0 Å². The molecule has 0 N–H and O–H groups in total. The van der Waals surface area contributed by atoms with Gasteiger partial charge in [-0.25, -0.2) is 17.6 Å². The molecule has 3 saturated carbocycles. The molecule has 0 aromatic carbocycles. The molecule has 0 radical (unpaired) electrons. The maximum Gasteiger partial charge on any atom is 0.108 e. The zero-order chi connectivity index (χ0) is 18.1. The maximum atomic E-state index is 14.8. The fourth-order valence-electron chi connectivity index (χ4n) is 5.71. The molecule has 4 atom stereocenters. The summed E-state index contributed by atoms with van der Waals surface area (Å²) < 4.78 is 70.5. The Kier molecular flexibility index (Phi) is 6.31. The molecule has 0 nitrogen and oxygen atoms in total. The molecule has 146 valence electrons. The highest BCUT2D eigenvalue weighted by atomic mass is 19.2. The van der Waals surface area contributed by atoms with Gasteiger partial charge in [-0.2, -0.15) is 0 Å². The number of hydrogen-bond acceptors (Lipinski definition) is 0. The van der Waals surface area contributed by atoms with E-state index in [4.69, 9.17) is 0 Å². The smallest absolute Gasteiger partial charge is 0.108 e. The minimum absolute atomic E-state index is 0.0540. The largest absolute Gasteiger partial charge is 0.251 e. The number of hydrogen-bond donors (Lipinski definition) is 0. The molecule has 0 saturated heterocycles. The molecule has 3 aliphatic carbocycles. The van der Waals surface area contributed by atoms with E-state index in [1.165, 1.54) is 0 Å². The Morgan fingerprint density at radius 2 is 1.12 bits per heavy atom. The lowest BCUT2D eigenvalue weighted by Crippen LogP contribution is -2.47. The standard InChI is InChI=1S/C20H31F5/c1-11-2-4-12(5-3-11)13-6-18(24)20(19(25)7-13)14-8-16(22)15(10-21)17(23)9-14/h11-20H,2-10H2,1H3. The van der Waals surface area contributed by atoms with Crippen LogP contribution in [0.15, 0.2) is 0 Å². The van der Waals surface area contributed by atoms with Crippen LogP contribution in [0, 0.1) is 35.5 Å². The van der Waals surface area contributed by atoms with Crippen LogP contribution < -0.4 is 0 Å². The molecule has 3 rings (SSSR count). The Morgan fingerprint density at radius 3 is 1.60 bits per heavy atom. The second-order valence-corrected chi connectivity index (χ2v) is 8.94. The van der Waals surface area contributed by atoms with Gasteiger partial charge in [0.25, 0.3) is 0 Å². The second kappa shape index (κ2) is 8.12. The van der Waals surface area contributed by atoms with Crippen molar-refractivity contribution in [2.45, 2.75) is 83.0 Å². The first-order valence-electron chi connectivity index (χ1n) is 10.0. The fraction of sp³-hybridized carbons (Fsp3) is 1.00. The van der Waals surface area contributed by atoms with Gasteiger partial charge in [0.2, 0.25) is 0 Å². The summed E-state index contributed by atoms with van der Waals surface area (Å²) in [6, 6.07) is 0. The average molecular weight is 366 g/mol. The Bertz CT molecular complexity index is 398. The van der Waals surface area contributed by atoms with Crippen LogP contribution in [-0.2, 0) is 0 Å². The molecule has 0 spiro atoms. The van der Waals surface area contributed by atoms with Gasteiger partial charge >= 0.3 is 0 Å². The van der Waals surface area contributed by atoms with Crippen LogP contribution in [0.4, 0.5) is 22.0 Å². The first kappa shape index (κ1) is 19.4. The molecule has 0 amide bonds. The molecule has 0 aromatic rings. The van der Waals surface area contributed by atoms with Crippen molar-refractivity contribution >= 4 is 0 Å². The lowest BCUT2D eigenvalue weighted by atomic mass is 9.63. The molecule has 0 heterocycles. The summed E-state index contributed by atoms with van der Waals surface area (Å²) in [5.41, 5.74) is 0. The summed E-state index contributed by atoms with van der Waals surface area (Å²) in [6.07, 6.45) is -1.17. The van der Waals surface area contributed by atoms with Gasteiger partial charge < -0.3 is 0 Å². The second-order valence-electron chi connectivity index (χ2n) is 8.94. The zero-order valence-corrected chi connectivity index (χ0v) is 15.0. The molecule has 4 unspecified atom stereocenters. The first-order valence-corrected chi connectivity index (χ1v) is 10.0. The average Bonchev–Trinajstić information content (AvgIpc) is 2.54. The lowest BCUT2D eigenvalue weighted by Gasteiger charge is -2.45. The van der Waals surface area contributed by atoms with Crippen molar-refractivity contribution in [3.63, 3.8) is 0 Å². The minimum atomic E-state index is -1.63. The highest BCUT2D eigenvalue weighted by Crippen LogP contribution is 2.48. The van der Waals surface area contributed by atoms with Crippen LogP contribution in [0.25, 0.3) is 0 Å². The van der Waals surface area contributed by atoms with Gasteiger partial charge in [-0.1, -0.05) is 19.8 Å². The molecule has 0 aromatic heterocycles. The molecule has 25 heavy (non-hydrogen) atoms. The van der Waals surface area contributed by atoms with Crippen LogP contribution in [0.1, 0.15) is 58.3 Å². The van der Waals surface area contributed by atoms with Crippen molar-refractivity contribution in [1.82, 2.24) is 0 Å². The quantitative estimate of drug-likeness (QED) is 0.523. The van der Waals surface area contributed by atoms with Crippen molar-refractivity contribution < 1.29 is 22.0 Å². The van der Waals surface area contributed by atoms with Crippen molar-refractivity contribution in [2.24, 2.45) is 35.5 Å². The van der Waals surface area contributed by atoms with Gasteiger partial charge in [0.15, 0.2) is 0 Å². The predicted octanol–water partition coefficient (Wildman–Crippen LogP) is 6.19. The van der Waals surface area contributed by atoms with Crippen LogP contribution in [-0.4, -0.2) is 31.4 Å². The Labute approximate surface area is 147 Å². The highest BCUT2D eigenvalue weighted by molar-refractivity contribution is 4.97. The van der Waals surface area contributed by atoms with Crippen LogP contribution in [0.2, 0.25) is 0 Å². The lowest BCUT2D eigenvalue weighted by molar-refractivity contribution is -0.0559. The number of alkyl halides is 5. The van der Waals surface area contributed by atoms with Gasteiger partial charge in [0.1, 0.15) is 24.7 Å². The van der Waals surface area contributed by atoms with E-state index in [0.29, 0.717) is 24.7 Å². The van der Waals surface area contributed by atoms with E-state index < -0.39 is 49.1 Å². The molecule has 3 aliphatic rings. The molecular formula is C20H31F5.